The number of benzene rings is 1. The molecule has 0 aliphatic carbocycles. The van der Waals surface area contributed by atoms with Gasteiger partial charge in [0.1, 0.15) is 0 Å². The predicted octanol–water partition coefficient (Wildman–Crippen LogP) is 1.21. The Bertz CT molecular complexity index is 314. The molecule has 0 heterocycles. The van der Waals surface area contributed by atoms with Crippen LogP contribution in [0.5, 0.6) is 0 Å². The zero-order chi connectivity index (χ0) is 8.97. The van der Waals surface area contributed by atoms with Crippen molar-refractivity contribution in [2.45, 2.75) is 0 Å². The van der Waals surface area contributed by atoms with E-state index in [2.05, 4.69) is 9.76 Å². The van der Waals surface area contributed by atoms with E-state index < -0.39 is 11.0 Å². The Balaban J connectivity index is 2.59. The van der Waals surface area contributed by atoms with E-state index in [0.29, 0.717) is 10.7 Å². The first-order valence-electron chi connectivity index (χ1n) is 3.01. The lowest BCUT2D eigenvalue weighted by Gasteiger charge is -1.99. The topological polar surface area (TPSA) is 55.4 Å². The van der Waals surface area contributed by atoms with E-state index in [4.69, 9.17) is 11.6 Å². The molecule has 0 bridgehead atoms. The van der Waals surface area contributed by atoms with Crippen LogP contribution in [0.25, 0.3) is 0 Å². The second-order valence-corrected chi connectivity index (χ2v) is 2.99. The van der Waals surface area contributed by atoms with Gasteiger partial charge in [-0.15, -0.1) is 0 Å². The molecule has 4 nitrogen and oxygen atoms in total. The smallest absolute Gasteiger partial charge is 0.250 e. The number of rotatable bonds is 3. The Morgan fingerprint density at radius 1 is 1.25 bits per heavy atom. The molecule has 66 valence electrons. The van der Waals surface area contributed by atoms with E-state index in [1.54, 1.807) is 24.3 Å². The van der Waals surface area contributed by atoms with Crippen molar-refractivity contribution in [3.8, 4) is 0 Å². The molecule has 1 N–H and O–H groups in total. The lowest BCUT2D eigenvalue weighted by Crippen LogP contribution is -1.98. The van der Waals surface area contributed by atoms with Gasteiger partial charge in [-0.25, -0.2) is 13.9 Å². The molecule has 1 aromatic carbocycles. The van der Waals surface area contributed by atoms with Gasteiger partial charge in [0, 0.05) is 5.02 Å². The minimum Gasteiger partial charge on any atom is -0.250 e. The first-order valence-corrected chi connectivity index (χ1v) is 4.49. The second kappa shape index (κ2) is 4.30. The molecule has 0 spiro atoms. The molecular weight excluding hydrogens is 202 g/mol. The van der Waals surface area contributed by atoms with Crippen molar-refractivity contribution < 1.29 is 12.7 Å². The first kappa shape index (κ1) is 9.31. The molecule has 12 heavy (non-hydrogen) atoms. The molecule has 0 saturated heterocycles. The van der Waals surface area contributed by atoms with Gasteiger partial charge in [-0.1, -0.05) is 11.6 Å². The largest absolute Gasteiger partial charge is 0.277 e. The molecule has 0 aliphatic rings. The van der Waals surface area contributed by atoms with E-state index in [9.17, 15) is 8.42 Å². The van der Waals surface area contributed by atoms with Gasteiger partial charge in [0.05, 0.1) is 5.69 Å². The Hall–Kier alpha value is -0.780. The van der Waals surface area contributed by atoms with Crippen molar-refractivity contribution >= 4 is 28.3 Å². The van der Waals surface area contributed by atoms with Crippen LogP contribution in [0.2, 0.25) is 5.02 Å². The summed E-state index contributed by atoms with van der Waals surface area (Å²) < 4.78 is 24.1. The van der Waals surface area contributed by atoms with Gasteiger partial charge >= 0.3 is 0 Å². The Morgan fingerprint density at radius 2 is 1.83 bits per heavy atom. The monoisotopic (exact) mass is 207 g/mol. The third kappa shape index (κ3) is 3.08. The summed E-state index contributed by atoms with van der Waals surface area (Å²) in [5.74, 6) is 0. The molecule has 0 unspecified atom stereocenters. The Kier molecular flexibility index (Phi) is 3.33. The number of anilines is 1. The summed E-state index contributed by atoms with van der Waals surface area (Å²) in [4.78, 5) is 0. The van der Waals surface area contributed by atoms with E-state index >= 15 is 0 Å². The van der Waals surface area contributed by atoms with Gasteiger partial charge in [0.25, 0.3) is 11.0 Å². The second-order valence-electron chi connectivity index (χ2n) is 1.92. The summed E-state index contributed by atoms with van der Waals surface area (Å²) in [5.41, 5.74) is 2.74. The van der Waals surface area contributed by atoms with Crippen LogP contribution in [0.4, 0.5) is 5.69 Å². The van der Waals surface area contributed by atoms with Crippen LogP contribution in [0.15, 0.2) is 24.3 Å². The highest BCUT2D eigenvalue weighted by Crippen LogP contribution is 2.12. The first-order chi connectivity index (χ1) is 5.68. The van der Waals surface area contributed by atoms with Crippen LogP contribution in [0, 0.1) is 0 Å². The average Bonchev–Trinajstić information content (AvgIpc) is 2.03. The molecular formula is C6H6ClNO3S. The number of hydrogen-bond donors (Lipinski definition) is 2. The standard InChI is InChI=1S/C6H6ClNO3S/c7-5-1-3-6(4-2-5)8-11-12(9)10/h1-4,8,12H. The van der Waals surface area contributed by atoms with Crippen LogP contribution < -0.4 is 5.48 Å². The Morgan fingerprint density at radius 3 is 2.33 bits per heavy atom. The van der Waals surface area contributed by atoms with Crippen LogP contribution in [-0.4, -0.2) is 8.42 Å². The van der Waals surface area contributed by atoms with Crippen molar-refractivity contribution in [2.24, 2.45) is 0 Å². The molecule has 0 aliphatic heterocycles. The van der Waals surface area contributed by atoms with Crippen LogP contribution in [0.1, 0.15) is 0 Å². The number of hydrogen-bond acceptors (Lipinski definition) is 4. The molecule has 1 rings (SSSR count). The maximum atomic E-state index is 9.97. The van der Waals surface area contributed by atoms with Crippen molar-refractivity contribution in [1.82, 2.24) is 0 Å². The van der Waals surface area contributed by atoms with Gasteiger partial charge in [-0.05, 0) is 24.3 Å². The summed E-state index contributed by atoms with van der Waals surface area (Å²) >= 11 is 5.59. The fourth-order valence-electron chi connectivity index (χ4n) is 0.608. The minimum atomic E-state index is -2.88. The lowest BCUT2D eigenvalue weighted by atomic mass is 10.3. The molecule has 0 radical (unpaired) electrons. The maximum Gasteiger partial charge on any atom is 0.277 e. The molecule has 0 atom stereocenters. The van der Waals surface area contributed by atoms with Crippen molar-refractivity contribution in [1.29, 1.82) is 0 Å². The van der Waals surface area contributed by atoms with Crippen molar-refractivity contribution in [3.05, 3.63) is 29.3 Å². The molecule has 0 aromatic heterocycles. The molecule has 0 amide bonds. The van der Waals surface area contributed by atoms with E-state index in [-0.39, 0.29) is 0 Å². The van der Waals surface area contributed by atoms with Gasteiger partial charge in [0.2, 0.25) is 0 Å². The van der Waals surface area contributed by atoms with Crippen molar-refractivity contribution in [3.63, 3.8) is 0 Å². The molecule has 1 aromatic rings. The minimum absolute atomic E-state index is 0.526. The predicted molar refractivity (Wildman–Crippen MR) is 46.5 cm³/mol. The van der Waals surface area contributed by atoms with E-state index in [1.807, 2.05) is 0 Å². The maximum absolute atomic E-state index is 9.97. The SMILES string of the molecule is O=[SH](=O)ONc1ccc(Cl)cc1. The van der Waals surface area contributed by atoms with Crippen LogP contribution in [-0.2, 0) is 15.3 Å². The van der Waals surface area contributed by atoms with Crippen LogP contribution >= 0.6 is 11.6 Å². The van der Waals surface area contributed by atoms with E-state index in [0.717, 1.165) is 0 Å². The summed E-state index contributed by atoms with van der Waals surface area (Å²) in [6, 6.07) is 6.43. The fraction of sp³-hybridized carbons (Fsp3) is 0. The number of halogens is 1. The third-order valence-corrected chi connectivity index (χ3v) is 1.57. The molecule has 0 fully saturated rings. The normalized spacial score (nSPS) is 10.2. The van der Waals surface area contributed by atoms with Gasteiger partial charge in [-0.2, -0.15) is 4.28 Å². The van der Waals surface area contributed by atoms with E-state index in [1.165, 1.54) is 0 Å². The zero-order valence-electron chi connectivity index (χ0n) is 5.86. The van der Waals surface area contributed by atoms with Gasteiger partial charge in [0.15, 0.2) is 0 Å². The highest BCUT2D eigenvalue weighted by molar-refractivity contribution is 7.67. The van der Waals surface area contributed by atoms with Gasteiger partial charge in [-0.3, -0.25) is 0 Å². The summed E-state index contributed by atoms with van der Waals surface area (Å²) in [6.07, 6.45) is 0. The highest BCUT2D eigenvalue weighted by atomic mass is 35.5. The lowest BCUT2D eigenvalue weighted by molar-refractivity contribution is 0.410. The summed E-state index contributed by atoms with van der Waals surface area (Å²) in [5, 5.41) is 0.576. The average molecular weight is 208 g/mol. The highest BCUT2D eigenvalue weighted by Gasteiger charge is 1.91. The summed E-state index contributed by atoms with van der Waals surface area (Å²) in [6.45, 7) is 0. The molecule has 6 heteroatoms. The van der Waals surface area contributed by atoms with Gasteiger partial charge < -0.3 is 0 Å². The molecule has 0 saturated carbocycles. The zero-order valence-corrected chi connectivity index (χ0v) is 7.51. The number of nitrogens with one attached hydrogen (secondary N) is 1. The number of thiol groups is 1. The van der Waals surface area contributed by atoms with Crippen molar-refractivity contribution in [2.75, 3.05) is 5.48 Å². The quantitative estimate of drug-likeness (QED) is 0.578. The Labute approximate surface area is 76.2 Å². The summed E-state index contributed by atoms with van der Waals surface area (Å²) in [7, 11) is -2.88. The third-order valence-electron chi connectivity index (χ3n) is 1.08. The van der Waals surface area contributed by atoms with Crippen LogP contribution in [0.3, 0.4) is 0 Å². The fourth-order valence-corrected chi connectivity index (χ4v) is 0.914.